The van der Waals surface area contributed by atoms with Crippen molar-refractivity contribution < 1.29 is 9.90 Å². The summed E-state index contributed by atoms with van der Waals surface area (Å²) in [6.07, 6.45) is 4.34. The first-order valence-electron chi connectivity index (χ1n) is 6.10. The van der Waals surface area contributed by atoms with Crippen LogP contribution in [0.1, 0.15) is 32.1 Å². The molecule has 16 heavy (non-hydrogen) atoms. The van der Waals surface area contributed by atoms with Gasteiger partial charge in [0.25, 0.3) is 0 Å². The fourth-order valence-corrected chi connectivity index (χ4v) is 1.41. The van der Waals surface area contributed by atoms with Crippen LogP contribution in [0.5, 0.6) is 0 Å². The molecule has 5 N–H and O–H groups in total. The molecule has 0 aromatic rings. The number of nitrogens with two attached hydrogens (primary N) is 1. The van der Waals surface area contributed by atoms with Crippen LogP contribution in [0.4, 0.5) is 0 Å². The lowest BCUT2D eigenvalue weighted by Crippen LogP contribution is -2.31. The Morgan fingerprint density at radius 3 is 2.19 bits per heavy atom. The van der Waals surface area contributed by atoms with Crippen LogP contribution in [0.25, 0.3) is 0 Å². The molecule has 0 aliphatic carbocycles. The maximum Gasteiger partial charge on any atom is 0.303 e. The van der Waals surface area contributed by atoms with Gasteiger partial charge in [-0.3, -0.25) is 4.79 Å². The number of nitrogens with one attached hydrogen (secondary N) is 2. The van der Waals surface area contributed by atoms with E-state index in [9.17, 15) is 4.79 Å². The summed E-state index contributed by atoms with van der Waals surface area (Å²) in [7, 11) is 0. The van der Waals surface area contributed by atoms with Crippen molar-refractivity contribution in [1.29, 1.82) is 0 Å². The number of unbranched alkanes of at least 4 members (excludes halogenated alkanes) is 3. The smallest absolute Gasteiger partial charge is 0.303 e. The Balaban J connectivity index is 2.90. The Kier molecular flexibility index (Phi) is 11.9. The molecule has 5 heteroatoms. The van der Waals surface area contributed by atoms with Crippen molar-refractivity contribution in [2.45, 2.75) is 32.1 Å². The molecule has 0 radical (unpaired) electrons. The van der Waals surface area contributed by atoms with E-state index in [0.29, 0.717) is 13.0 Å². The van der Waals surface area contributed by atoms with E-state index in [4.69, 9.17) is 10.8 Å². The van der Waals surface area contributed by atoms with Crippen LogP contribution in [0, 0.1) is 0 Å². The van der Waals surface area contributed by atoms with Gasteiger partial charge in [-0.1, -0.05) is 12.8 Å². The average Bonchev–Trinajstić information content (AvgIpc) is 2.25. The van der Waals surface area contributed by atoms with Gasteiger partial charge in [0.15, 0.2) is 0 Å². The molecular formula is C11H25N3O2. The number of carboxylic acids is 1. The molecule has 0 aliphatic heterocycles. The predicted octanol–water partition coefficient (Wildman–Crippen LogP) is 0.159. The number of carboxylic acid groups (broad SMARTS) is 1. The summed E-state index contributed by atoms with van der Waals surface area (Å²) in [5, 5.41) is 15.0. The molecule has 96 valence electrons. The second-order valence-electron chi connectivity index (χ2n) is 3.85. The molecule has 0 spiro atoms. The minimum Gasteiger partial charge on any atom is -0.481 e. The van der Waals surface area contributed by atoms with Crippen LogP contribution in [-0.4, -0.2) is 43.8 Å². The molecule has 0 amide bonds. The number of carbonyl (C=O) groups is 1. The number of aliphatic carboxylic acids is 1. The molecule has 0 atom stereocenters. The summed E-state index contributed by atoms with van der Waals surface area (Å²) in [4.78, 5) is 10.2. The minimum atomic E-state index is -0.691. The Morgan fingerprint density at radius 2 is 1.56 bits per heavy atom. The SMILES string of the molecule is NCCNCCNCCCCCCC(=O)O. The van der Waals surface area contributed by atoms with Gasteiger partial charge in [-0.05, 0) is 19.4 Å². The monoisotopic (exact) mass is 231 g/mol. The predicted molar refractivity (Wildman–Crippen MR) is 65.5 cm³/mol. The van der Waals surface area contributed by atoms with E-state index >= 15 is 0 Å². The number of rotatable bonds is 12. The zero-order valence-corrected chi connectivity index (χ0v) is 10.0. The third kappa shape index (κ3) is 13.4. The first kappa shape index (κ1) is 15.3. The molecular weight excluding hydrogens is 206 g/mol. The summed E-state index contributed by atoms with van der Waals surface area (Å²) in [5.41, 5.74) is 5.33. The van der Waals surface area contributed by atoms with Gasteiger partial charge in [0.1, 0.15) is 0 Å². The van der Waals surface area contributed by atoms with Gasteiger partial charge in [-0.2, -0.15) is 0 Å². The van der Waals surface area contributed by atoms with Gasteiger partial charge < -0.3 is 21.5 Å². The third-order valence-electron chi connectivity index (χ3n) is 2.29. The Morgan fingerprint density at radius 1 is 0.938 bits per heavy atom. The highest BCUT2D eigenvalue weighted by atomic mass is 16.4. The zero-order valence-electron chi connectivity index (χ0n) is 10.0. The van der Waals surface area contributed by atoms with Gasteiger partial charge >= 0.3 is 5.97 Å². The van der Waals surface area contributed by atoms with Crippen LogP contribution < -0.4 is 16.4 Å². The van der Waals surface area contributed by atoms with Crippen molar-refractivity contribution in [3.63, 3.8) is 0 Å². The maximum absolute atomic E-state index is 10.2. The van der Waals surface area contributed by atoms with Crippen molar-refractivity contribution in [3.8, 4) is 0 Å². The molecule has 5 nitrogen and oxygen atoms in total. The van der Waals surface area contributed by atoms with Gasteiger partial charge in [0.2, 0.25) is 0 Å². The van der Waals surface area contributed by atoms with Crippen molar-refractivity contribution >= 4 is 5.97 Å². The fourth-order valence-electron chi connectivity index (χ4n) is 1.41. The largest absolute Gasteiger partial charge is 0.481 e. The molecule has 0 rings (SSSR count). The van der Waals surface area contributed by atoms with Gasteiger partial charge in [-0.15, -0.1) is 0 Å². The lowest BCUT2D eigenvalue weighted by molar-refractivity contribution is -0.137. The first-order chi connectivity index (χ1) is 7.77. The van der Waals surface area contributed by atoms with Crippen molar-refractivity contribution in [2.24, 2.45) is 5.73 Å². The van der Waals surface area contributed by atoms with Crippen molar-refractivity contribution in [3.05, 3.63) is 0 Å². The van der Waals surface area contributed by atoms with Crippen LogP contribution in [0.2, 0.25) is 0 Å². The summed E-state index contributed by atoms with van der Waals surface area (Å²) >= 11 is 0. The number of hydrogen-bond donors (Lipinski definition) is 4. The molecule has 0 aromatic carbocycles. The van der Waals surface area contributed by atoms with Crippen LogP contribution in [0.3, 0.4) is 0 Å². The van der Waals surface area contributed by atoms with Gasteiger partial charge in [-0.25, -0.2) is 0 Å². The lowest BCUT2D eigenvalue weighted by atomic mass is 10.1. The van der Waals surface area contributed by atoms with E-state index in [2.05, 4.69) is 10.6 Å². The normalized spacial score (nSPS) is 10.6. The Bertz CT molecular complexity index is 165. The average molecular weight is 231 g/mol. The van der Waals surface area contributed by atoms with E-state index in [1.54, 1.807) is 0 Å². The maximum atomic E-state index is 10.2. The standard InChI is InChI=1S/C11H25N3O2/c12-6-8-14-10-9-13-7-4-2-1-3-5-11(15)16/h13-14H,1-10,12H2,(H,15,16). The summed E-state index contributed by atoms with van der Waals surface area (Å²) < 4.78 is 0. The lowest BCUT2D eigenvalue weighted by Gasteiger charge is -2.05. The molecule has 0 unspecified atom stereocenters. The molecule has 0 saturated carbocycles. The first-order valence-corrected chi connectivity index (χ1v) is 6.10. The molecule has 0 heterocycles. The molecule has 0 aliphatic rings. The van der Waals surface area contributed by atoms with Gasteiger partial charge in [0.05, 0.1) is 0 Å². The Labute approximate surface area is 97.8 Å². The summed E-state index contributed by atoms with van der Waals surface area (Å²) in [6.45, 7) is 4.49. The van der Waals surface area contributed by atoms with Crippen LogP contribution >= 0.6 is 0 Å². The highest BCUT2D eigenvalue weighted by Crippen LogP contribution is 2.01. The van der Waals surface area contributed by atoms with E-state index in [1.807, 2.05) is 0 Å². The molecule has 0 fully saturated rings. The highest BCUT2D eigenvalue weighted by Gasteiger charge is 1.96. The van der Waals surface area contributed by atoms with Crippen LogP contribution in [-0.2, 0) is 4.79 Å². The van der Waals surface area contributed by atoms with E-state index in [0.717, 1.165) is 51.9 Å². The number of hydrogen-bond acceptors (Lipinski definition) is 4. The fraction of sp³-hybridized carbons (Fsp3) is 0.909. The minimum absolute atomic E-state index is 0.302. The second-order valence-corrected chi connectivity index (χ2v) is 3.85. The third-order valence-corrected chi connectivity index (χ3v) is 2.29. The molecule has 0 saturated heterocycles. The van der Waals surface area contributed by atoms with Gasteiger partial charge in [0, 0.05) is 32.6 Å². The van der Waals surface area contributed by atoms with Crippen molar-refractivity contribution in [1.82, 2.24) is 10.6 Å². The van der Waals surface area contributed by atoms with Crippen molar-refractivity contribution in [2.75, 3.05) is 32.7 Å². The zero-order chi connectivity index (χ0) is 12.1. The highest BCUT2D eigenvalue weighted by molar-refractivity contribution is 5.66. The summed E-state index contributed by atoms with van der Waals surface area (Å²) in [6, 6.07) is 0. The topological polar surface area (TPSA) is 87.4 Å². The molecule has 0 bridgehead atoms. The Hall–Kier alpha value is -0.650. The quantitative estimate of drug-likeness (QED) is 0.359. The van der Waals surface area contributed by atoms with E-state index in [1.165, 1.54) is 0 Å². The second kappa shape index (κ2) is 12.4. The van der Waals surface area contributed by atoms with E-state index < -0.39 is 5.97 Å². The van der Waals surface area contributed by atoms with E-state index in [-0.39, 0.29) is 0 Å². The van der Waals surface area contributed by atoms with Crippen LogP contribution in [0.15, 0.2) is 0 Å². The summed E-state index contributed by atoms with van der Waals surface area (Å²) in [5.74, 6) is -0.691. The molecule has 0 aromatic heterocycles.